The summed E-state index contributed by atoms with van der Waals surface area (Å²) < 4.78 is 22.7. The first-order valence-corrected chi connectivity index (χ1v) is 9.02. The number of primary sulfonamides is 1. The maximum absolute atomic E-state index is 11.3. The Morgan fingerprint density at radius 2 is 2.05 bits per heavy atom. The molecule has 5 nitrogen and oxygen atoms in total. The van der Waals surface area contributed by atoms with Gasteiger partial charge in [-0.15, -0.1) is 0 Å². The number of fused-ring (bicyclic) bond motifs is 2. The molecule has 2 fully saturated rings. The molecule has 0 radical (unpaired) electrons. The lowest BCUT2D eigenvalue weighted by molar-refractivity contribution is 0.337. The van der Waals surface area contributed by atoms with Crippen molar-refractivity contribution in [2.75, 3.05) is 24.2 Å². The molecule has 3 atom stereocenters. The molecule has 3 rings (SSSR count). The van der Waals surface area contributed by atoms with Crippen molar-refractivity contribution in [3.63, 3.8) is 0 Å². The molecular formula is C15H23N3O2S. The Hall–Kier alpha value is -1.27. The van der Waals surface area contributed by atoms with Crippen molar-refractivity contribution >= 4 is 21.4 Å². The number of benzene rings is 1. The number of sulfonamides is 1. The maximum Gasteiger partial charge on any atom is 0.238 e. The molecule has 116 valence electrons. The summed E-state index contributed by atoms with van der Waals surface area (Å²) >= 11 is 0. The zero-order valence-electron chi connectivity index (χ0n) is 12.3. The van der Waals surface area contributed by atoms with Gasteiger partial charge in [-0.2, -0.15) is 0 Å². The lowest BCUT2D eigenvalue weighted by Crippen LogP contribution is -2.29. The van der Waals surface area contributed by atoms with E-state index in [-0.39, 0.29) is 4.90 Å². The third-order valence-electron chi connectivity index (χ3n) is 5.13. The lowest BCUT2D eigenvalue weighted by atomic mass is 9.88. The number of nitrogens with zero attached hydrogens (tertiary/aromatic N) is 1. The average molecular weight is 309 g/mol. The Morgan fingerprint density at radius 1 is 1.29 bits per heavy atom. The molecule has 0 heterocycles. The second kappa shape index (κ2) is 5.18. The fraction of sp³-hybridized carbons (Fsp3) is 0.600. The van der Waals surface area contributed by atoms with Gasteiger partial charge in [0, 0.05) is 13.6 Å². The minimum atomic E-state index is -3.70. The summed E-state index contributed by atoms with van der Waals surface area (Å²) in [6, 6.07) is 4.72. The van der Waals surface area contributed by atoms with Crippen molar-refractivity contribution in [1.29, 1.82) is 0 Å². The van der Waals surface area contributed by atoms with Crippen LogP contribution in [-0.2, 0) is 10.0 Å². The number of anilines is 2. The number of hydrogen-bond donors (Lipinski definition) is 2. The van der Waals surface area contributed by atoms with Gasteiger partial charge in [0.25, 0.3) is 0 Å². The third kappa shape index (κ3) is 2.87. The molecule has 2 bridgehead atoms. The van der Waals surface area contributed by atoms with Gasteiger partial charge in [-0.25, -0.2) is 13.6 Å². The van der Waals surface area contributed by atoms with Crippen LogP contribution in [0.3, 0.4) is 0 Å². The highest BCUT2D eigenvalue weighted by Gasteiger charge is 2.39. The van der Waals surface area contributed by atoms with Crippen molar-refractivity contribution in [1.82, 2.24) is 0 Å². The standard InChI is InChI=1S/C15H23N3O2S/c1-18(9-12-7-10-2-3-11(12)6-10)15-5-4-13(8-14(15)16)21(17,19)20/h4-5,8,10-12H,2-3,6-7,9,16H2,1H3,(H2,17,19,20). The molecule has 0 saturated heterocycles. The Balaban J connectivity index is 1.74. The zero-order chi connectivity index (χ0) is 15.2. The predicted octanol–water partition coefficient (Wildman–Crippen LogP) is 1.79. The summed E-state index contributed by atoms with van der Waals surface area (Å²) in [6.45, 7) is 0.986. The highest BCUT2D eigenvalue weighted by molar-refractivity contribution is 7.89. The molecule has 2 saturated carbocycles. The lowest BCUT2D eigenvalue weighted by Gasteiger charge is -2.29. The van der Waals surface area contributed by atoms with Crippen molar-refractivity contribution < 1.29 is 8.42 Å². The van der Waals surface area contributed by atoms with E-state index in [1.165, 1.54) is 37.8 Å². The molecule has 0 aliphatic heterocycles. The van der Waals surface area contributed by atoms with E-state index in [0.29, 0.717) is 5.69 Å². The Kier molecular flexibility index (Phi) is 3.61. The number of hydrogen-bond acceptors (Lipinski definition) is 4. The van der Waals surface area contributed by atoms with E-state index in [1.54, 1.807) is 6.07 Å². The van der Waals surface area contributed by atoms with Crippen LogP contribution in [0.2, 0.25) is 0 Å². The van der Waals surface area contributed by atoms with Crippen LogP contribution in [0.15, 0.2) is 23.1 Å². The number of rotatable bonds is 4. The van der Waals surface area contributed by atoms with Gasteiger partial charge in [0.2, 0.25) is 10.0 Å². The molecule has 2 aliphatic rings. The second-order valence-corrected chi connectivity index (χ2v) is 8.14. The summed E-state index contributed by atoms with van der Waals surface area (Å²) in [6.07, 6.45) is 5.47. The molecule has 1 aromatic rings. The van der Waals surface area contributed by atoms with Crippen LogP contribution < -0.4 is 15.8 Å². The van der Waals surface area contributed by atoms with E-state index < -0.39 is 10.0 Å². The summed E-state index contributed by atoms with van der Waals surface area (Å²) in [5.41, 5.74) is 7.35. The van der Waals surface area contributed by atoms with Crippen LogP contribution in [0.25, 0.3) is 0 Å². The molecule has 0 aromatic heterocycles. The third-order valence-corrected chi connectivity index (χ3v) is 6.04. The van der Waals surface area contributed by atoms with E-state index in [0.717, 1.165) is 30.0 Å². The Morgan fingerprint density at radius 3 is 2.57 bits per heavy atom. The molecular weight excluding hydrogens is 286 g/mol. The molecule has 4 N–H and O–H groups in total. The number of nitrogen functional groups attached to an aromatic ring is 1. The first-order chi connectivity index (χ1) is 9.84. The number of nitrogens with two attached hydrogens (primary N) is 2. The van der Waals surface area contributed by atoms with Crippen LogP contribution in [0, 0.1) is 17.8 Å². The molecule has 0 amide bonds. The zero-order valence-corrected chi connectivity index (χ0v) is 13.1. The summed E-state index contributed by atoms with van der Waals surface area (Å²) in [5, 5.41) is 5.13. The van der Waals surface area contributed by atoms with Crippen LogP contribution in [0.4, 0.5) is 11.4 Å². The molecule has 0 spiro atoms. The molecule has 2 aliphatic carbocycles. The van der Waals surface area contributed by atoms with Crippen molar-refractivity contribution in [2.45, 2.75) is 30.6 Å². The summed E-state index contributed by atoms with van der Waals surface area (Å²) in [7, 11) is -1.67. The summed E-state index contributed by atoms with van der Waals surface area (Å²) in [4.78, 5) is 2.21. The van der Waals surface area contributed by atoms with E-state index in [2.05, 4.69) is 4.90 Å². The smallest absolute Gasteiger partial charge is 0.238 e. The van der Waals surface area contributed by atoms with Gasteiger partial charge in [-0.3, -0.25) is 0 Å². The van der Waals surface area contributed by atoms with Gasteiger partial charge < -0.3 is 10.6 Å². The van der Waals surface area contributed by atoms with Gasteiger partial charge in [-0.05, 0) is 55.2 Å². The van der Waals surface area contributed by atoms with Crippen molar-refractivity contribution in [2.24, 2.45) is 22.9 Å². The molecule has 21 heavy (non-hydrogen) atoms. The van der Waals surface area contributed by atoms with E-state index in [1.807, 2.05) is 7.05 Å². The van der Waals surface area contributed by atoms with E-state index >= 15 is 0 Å². The molecule has 1 aromatic carbocycles. The SMILES string of the molecule is CN(CC1CC2CCC1C2)c1ccc(S(N)(=O)=O)cc1N. The van der Waals surface area contributed by atoms with Gasteiger partial charge in [0.05, 0.1) is 16.3 Å². The predicted molar refractivity (Wildman–Crippen MR) is 84.4 cm³/mol. The second-order valence-electron chi connectivity index (χ2n) is 6.58. The molecule has 3 unspecified atom stereocenters. The van der Waals surface area contributed by atoms with E-state index in [4.69, 9.17) is 10.9 Å². The van der Waals surface area contributed by atoms with Gasteiger partial charge >= 0.3 is 0 Å². The fourth-order valence-corrected chi connectivity index (χ4v) is 4.66. The van der Waals surface area contributed by atoms with Crippen LogP contribution in [0.5, 0.6) is 0 Å². The first-order valence-electron chi connectivity index (χ1n) is 7.48. The van der Waals surface area contributed by atoms with Crippen LogP contribution in [0.1, 0.15) is 25.7 Å². The monoisotopic (exact) mass is 309 g/mol. The van der Waals surface area contributed by atoms with Gasteiger partial charge in [0.1, 0.15) is 0 Å². The van der Waals surface area contributed by atoms with Crippen LogP contribution in [-0.4, -0.2) is 22.0 Å². The Bertz CT molecular complexity index is 644. The Labute approximate surface area is 126 Å². The van der Waals surface area contributed by atoms with Gasteiger partial charge in [0.15, 0.2) is 0 Å². The average Bonchev–Trinajstić information content (AvgIpc) is 2.99. The summed E-state index contributed by atoms with van der Waals surface area (Å²) in [5.74, 6) is 2.53. The van der Waals surface area contributed by atoms with Crippen molar-refractivity contribution in [3.8, 4) is 0 Å². The quantitative estimate of drug-likeness (QED) is 0.830. The molecule has 6 heteroatoms. The maximum atomic E-state index is 11.3. The van der Waals surface area contributed by atoms with Crippen LogP contribution >= 0.6 is 0 Å². The minimum Gasteiger partial charge on any atom is -0.397 e. The highest BCUT2D eigenvalue weighted by atomic mass is 32.2. The first kappa shape index (κ1) is 14.7. The topological polar surface area (TPSA) is 89.4 Å². The normalized spacial score (nSPS) is 28.0. The van der Waals surface area contributed by atoms with E-state index in [9.17, 15) is 8.42 Å². The fourth-order valence-electron chi connectivity index (χ4n) is 4.11. The minimum absolute atomic E-state index is 0.0667. The van der Waals surface area contributed by atoms with Gasteiger partial charge in [-0.1, -0.05) is 6.42 Å². The van der Waals surface area contributed by atoms with Crippen molar-refractivity contribution in [3.05, 3.63) is 18.2 Å². The largest absolute Gasteiger partial charge is 0.397 e. The highest BCUT2D eigenvalue weighted by Crippen LogP contribution is 2.48.